The lowest BCUT2D eigenvalue weighted by Crippen LogP contribution is -2.20. The second-order valence-electron chi connectivity index (χ2n) is 5.61. The molecule has 0 aliphatic heterocycles. The molecule has 2 aromatic carbocycles. The second-order valence-corrected chi connectivity index (χ2v) is 5.61. The topological polar surface area (TPSA) is 94.3 Å². The molecule has 0 spiro atoms. The van der Waals surface area contributed by atoms with Gasteiger partial charge in [-0.15, -0.1) is 0 Å². The van der Waals surface area contributed by atoms with Gasteiger partial charge in [0.1, 0.15) is 5.75 Å². The number of aryl methyl sites for hydroxylation is 1. The number of rotatable bonds is 6. The monoisotopic (exact) mass is 351 g/mol. The number of nitrogens with zero attached hydrogens (tertiary/aromatic N) is 2. The zero-order valence-electron chi connectivity index (χ0n) is 14.4. The number of aromatic nitrogens is 2. The van der Waals surface area contributed by atoms with Crippen molar-refractivity contribution in [1.82, 2.24) is 10.1 Å². The van der Waals surface area contributed by atoms with Crippen molar-refractivity contribution in [1.29, 1.82) is 0 Å². The Morgan fingerprint density at radius 1 is 1.12 bits per heavy atom. The van der Waals surface area contributed by atoms with Gasteiger partial charge in [-0.1, -0.05) is 17.3 Å². The Bertz CT molecular complexity index is 932. The van der Waals surface area contributed by atoms with Crippen LogP contribution in [0.5, 0.6) is 5.75 Å². The SMILES string of the molecule is CC(=O)c1ccc(NC(=O)COc2ccccc2-c2nc(C)no2)cc1. The fourth-order valence-electron chi connectivity index (χ4n) is 2.30. The zero-order chi connectivity index (χ0) is 18.5. The molecule has 132 valence electrons. The van der Waals surface area contributed by atoms with Gasteiger partial charge in [-0.05, 0) is 50.2 Å². The van der Waals surface area contributed by atoms with Crippen LogP contribution in [0.15, 0.2) is 53.1 Å². The third-order valence-corrected chi connectivity index (χ3v) is 3.58. The van der Waals surface area contributed by atoms with Gasteiger partial charge in [-0.25, -0.2) is 0 Å². The second kappa shape index (κ2) is 7.60. The minimum atomic E-state index is -0.322. The molecule has 0 bridgehead atoms. The maximum Gasteiger partial charge on any atom is 0.262 e. The van der Waals surface area contributed by atoms with E-state index < -0.39 is 0 Å². The minimum Gasteiger partial charge on any atom is -0.483 e. The summed E-state index contributed by atoms with van der Waals surface area (Å²) in [4.78, 5) is 27.5. The van der Waals surface area contributed by atoms with Crippen molar-refractivity contribution < 1.29 is 18.8 Å². The molecule has 3 rings (SSSR count). The fraction of sp³-hybridized carbons (Fsp3) is 0.158. The normalized spacial score (nSPS) is 10.4. The summed E-state index contributed by atoms with van der Waals surface area (Å²) in [5.74, 6) is 0.967. The van der Waals surface area contributed by atoms with E-state index in [0.717, 1.165) is 0 Å². The summed E-state index contributed by atoms with van der Waals surface area (Å²) in [5, 5.41) is 6.47. The first-order chi connectivity index (χ1) is 12.5. The quantitative estimate of drug-likeness (QED) is 0.685. The summed E-state index contributed by atoms with van der Waals surface area (Å²) < 4.78 is 10.8. The Morgan fingerprint density at radius 3 is 2.50 bits per heavy atom. The number of amides is 1. The van der Waals surface area contributed by atoms with Crippen molar-refractivity contribution in [2.75, 3.05) is 11.9 Å². The molecule has 7 nitrogen and oxygen atoms in total. The average molecular weight is 351 g/mol. The molecule has 0 aliphatic carbocycles. The average Bonchev–Trinajstić information content (AvgIpc) is 3.07. The van der Waals surface area contributed by atoms with E-state index in [0.29, 0.717) is 34.3 Å². The number of hydrogen-bond acceptors (Lipinski definition) is 6. The highest BCUT2D eigenvalue weighted by atomic mass is 16.5. The lowest BCUT2D eigenvalue weighted by Gasteiger charge is -2.10. The largest absolute Gasteiger partial charge is 0.483 e. The van der Waals surface area contributed by atoms with Gasteiger partial charge in [0.2, 0.25) is 0 Å². The van der Waals surface area contributed by atoms with Crippen LogP contribution in [0.1, 0.15) is 23.1 Å². The number of ether oxygens (including phenoxy) is 1. The van der Waals surface area contributed by atoms with Gasteiger partial charge >= 0.3 is 0 Å². The fourth-order valence-corrected chi connectivity index (χ4v) is 2.30. The van der Waals surface area contributed by atoms with Crippen molar-refractivity contribution >= 4 is 17.4 Å². The molecule has 1 N–H and O–H groups in total. The van der Waals surface area contributed by atoms with Crippen LogP contribution in [-0.2, 0) is 4.79 Å². The molecule has 0 atom stereocenters. The maximum absolute atomic E-state index is 12.1. The van der Waals surface area contributed by atoms with Crippen LogP contribution >= 0.6 is 0 Å². The van der Waals surface area contributed by atoms with Crippen LogP contribution in [0, 0.1) is 6.92 Å². The summed E-state index contributed by atoms with van der Waals surface area (Å²) in [7, 11) is 0. The lowest BCUT2D eigenvalue weighted by atomic mass is 10.1. The Kier molecular flexibility index (Phi) is 5.07. The van der Waals surface area contributed by atoms with E-state index in [2.05, 4.69) is 15.5 Å². The number of hydrogen-bond donors (Lipinski definition) is 1. The van der Waals surface area contributed by atoms with Crippen LogP contribution in [-0.4, -0.2) is 28.4 Å². The minimum absolute atomic E-state index is 0.0286. The Morgan fingerprint density at radius 2 is 1.85 bits per heavy atom. The number of nitrogens with one attached hydrogen (secondary N) is 1. The predicted molar refractivity (Wildman–Crippen MR) is 95.0 cm³/mol. The summed E-state index contributed by atoms with van der Waals surface area (Å²) in [5.41, 5.74) is 1.79. The van der Waals surface area contributed by atoms with Gasteiger partial charge in [0, 0.05) is 11.3 Å². The molecule has 0 fully saturated rings. The Labute approximate surface area is 150 Å². The predicted octanol–water partition coefficient (Wildman–Crippen LogP) is 3.27. The van der Waals surface area contributed by atoms with Crippen molar-refractivity contribution in [2.24, 2.45) is 0 Å². The lowest BCUT2D eigenvalue weighted by molar-refractivity contribution is -0.118. The standard InChI is InChI=1S/C19H17N3O4/c1-12(23)14-7-9-15(10-8-14)21-18(24)11-25-17-6-4-3-5-16(17)19-20-13(2)22-26-19/h3-10H,11H2,1-2H3,(H,21,24). The van der Waals surface area contributed by atoms with E-state index in [4.69, 9.17) is 9.26 Å². The summed E-state index contributed by atoms with van der Waals surface area (Å²) in [6.07, 6.45) is 0. The first-order valence-electron chi connectivity index (χ1n) is 7.96. The van der Waals surface area contributed by atoms with E-state index in [1.54, 1.807) is 49.4 Å². The van der Waals surface area contributed by atoms with Crippen LogP contribution in [0.4, 0.5) is 5.69 Å². The first kappa shape index (κ1) is 17.3. The van der Waals surface area contributed by atoms with Crippen molar-refractivity contribution in [2.45, 2.75) is 13.8 Å². The highest BCUT2D eigenvalue weighted by molar-refractivity contribution is 5.96. The molecule has 1 amide bonds. The van der Waals surface area contributed by atoms with E-state index in [-0.39, 0.29) is 18.3 Å². The third kappa shape index (κ3) is 4.13. The number of carbonyl (C=O) groups is 2. The van der Waals surface area contributed by atoms with E-state index >= 15 is 0 Å². The molecule has 0 radical (unpaired) electrons. The summed E-state index contributed by atoms with van der Waals surface area (Å²) >= 11 is 0. The molecule has 1 aromatic heterocycles. The van der Waals surface area contributed by atoms with E-state index in [9.17, 15) is 9.59 Å². The Hall–Kier alpha value is -3.48. The van der Waals surface area contributed by atoms with Crippen molar-refractivity contribution in [3.63, 3.8) is 0 Å². The third-order valence-electron chi connectivity index (χ3n) is 3.58. The number of carbonyl (C=O) groups excluding carboxylic acids is 2. The number of para-hydroxylation sites is 1. The number of ketones is 1. The molecule has 0 aliphatic rings. The smallest absolute Gasteiger partial charge is 0.262 e. The highest BCUT2D eigenvalue weighted by Gasteiger charge is 2.13. The molecule has 0 saturated heterocycles. The van der Waals surface area contributed by atoms with E-state index in [1.165, 1.54) is 6.92 Å². The van der Waals surface area contributed by atoms with Gasteiger partial charge < -0.3 is 14.6 Å². The number of anilines is 1. The Balaban J connectivity index is 1.64. The number of Topliss-reactive ketones (excluding diaryl/α,β-unsaturated/α-hetero) is 1. The first-order valence-corrected chi connectivity index (χ1v) is 7.96. The van der Waals surface area contributed by atoms with Gasteiger partial charge in [0.25, 0.3) is 11.8 Å². The molecule has 1 heterocycles. The molecular weight excluding hydrogens is 334 g/mol. The molecule has 0 saturated carbocycles. The van der Waals surface area contributed by atoms with Crippen LogP contribution in [0.25, 0.3) is 11.5 Å². The van der Waals surface area contributed by atoms with Crippen molar-refractivity contribution in [3.05, 3.63) is 59.9 Å². The van der Waals surface area contributed by atoms with Gasteiger partial charge in [0.15, 0.2) is 18.2 Å². The van der Waals surface area contributed by atoms with Crippen molar-refractivity contribution in [3.8, 4) is 17.2 Å². The van der Waals surface area contributed by atoms with E-state index in [1.807, 2.05) is 6.07 Å². The summed E-state index contributed by atoms with van der Waals surface area (Å²) in [6.45, 7) is 3.03. The zero-order valence-corrected chi connectivity index (χ0v) is 14.4. The maximum atomic E-state index is 12.1. The van der Waals surface area contributed by atoms with Gasteiger partial charge in [-0.2, -0.15) is 4.98 Å². The highest BCUT2D eigenvalue weighted by Crippen LogP contribution is 2.28. The molecule has 7 heteroatoms. The van der Waals surface area contributed by atoms with Gasteiger partial charge in [-0.3, -0.25) is 9.59 Å². The molecular formula is C19H17N3O4. The van der Waals surface area contributed by atoms with Gasteiger partial charge in [0.05, 0.1) is 5.56 Å². The van der Waals surface area contributed by atoms with Crippen LogP contribution in [0.2, 0.25) is 0 Å². The molecule has 0 unspecified atom stereocenters. The summed E-state index contributed by atoms with van der Waals surface area (Å²) in [6, 6.07) is 13.8. The van der Waals surface area contributed by atoms with Crippen LogP contribution in [0.3, 0.4) is 0 Å². The van der Waals surface area contributed by atoms with Crippen LogP contribution < -0.4 is 10.1 Å². The number of benzene rings is 2. The molecule has 26 heavy (non-hydrogen) atoms. The molecule has 3 aromatic rings.